The van der Waals surface area contributed by atoms with Crippen molar-refractivity contribution in [3.05, 3.63) is 36.5 Å². The molecule has 1 aliphatic heterocycles. The van der Waals surface area contributed by atoms with Crippen LogP contribution in [0.2, 0.25) is 0 Å². The summed E-state index contributed by atoms with van der Waals surface area (Å²) in [6.07, 6.45) is 52.5. The summed E-state index contributed by atoms with van der Waals surface area (Å²) in [5, 5.41) is 75.9. The maximum atomic E-state index is 13.2. The van der Waals surface area contributed by atoms with Gasteiger partial charge in [0.05, 0.1) is 25.4 Å². The van der Waals surface area contributed by atoms with Gasteiger partial charge in [-0.2, -0.15) is 0 Å². The molecule has 0 bridgehead atoms. The lowest BCUT2D eigenvalue weighted by Crippen LogP contribution is -2.60. The molecule has 0 aromatic carbocycles. The molecule has 0 radical (unpaired) electrons. The summed E-state index contributed by atoms with van der Waals surface area (Å²) in [7, 11) is 0. The standard InChI is InChI=1S/C62H117NO10/c1-3-5-7-9-11-13-15-17-18-19-20-21-22-23-24-25-26-27-28-29-30-31-32-33-34-35-36-37-38-40-42-44-46-48-50-55(66)61(71)63-53(52-72-62-60(70)59(69)58(68)56(51-64)73-62)57(67)54(65)49-47-45-43-41-39-16-14-12-10-8-6-4-2/h12,14,25-26,41,43,53-60,62,64-70H,3-11,13,15-24,27-40,42,44-52H2,1-2H3,(H,63,71)/b14-12+,26-25-,43-41+. The Bertz CT molecular complexity index is 1280. The number of rotatable bonds is 53. The molecule has 430 valence electrons. The van der Waals surface area contributed by atoms with Gasteiger partial charge in [0, 0.05) is 0 Å². The lowest BCUT2D eigenvalue weighted by molar-refractivity contribution is -0.303. The quantitative estimate of drug-likeness (QED) is 0.0215. The number of unbranched alkanes of at least 4 members (excludes halogenated alkanes) is 35. The zero-order valence-corrected chi connectivity index (χ0v) is 47.1. The first-order chi connectivity index (χ1) is 35.7. The van der Waals surface area contributed by atoms with Gasteiger partial charge in [-0.25, -0.2) is 0 Å². The first kappa shape index (κ1) is 69.3. The molecule has 1 heterocycles. The van der Waals surface area contributed by atoms with Gasteiger partial charge in [-0.15, -0.1) is 0 Å². The van der Waals surface area contributed by atoms with Crippen molar-refractivity contribution >= 4 is 5.91 Å². The summed E-state index contributed by atoms with van der Waals surface area (Å²) in [6, 6.07) is -1.19. The molecule has 0 aromatic heterocycles. The van der Waals surface area contributed by atoms with E-state index in [1.165, 1.54) is 199 Å². The normalized spacial score (nSPS) is 20.2. The van der Waals surface area contributed by atoms with Gasteiger partial charge in [0.2, 0.25) is 5.91 Å². The lowest BCUT2D eigenvalue weighted by Gasteiger charge is -2.40. The van der Waals surface area contributed by atoms with Crippen LogP contribution in [-0.4, -0.2) is 110 Å². The molecule has 1 rings (SSSR count). The summed E-state index contributed by atoms with van der Waals surface area (Å²) < 4.78 is 11.1. The van der Waals surface area contributed by atoms with E-state index in [4.69, 9.17) is 9.47 Å². The number of carbonyl (C=O) groups is 1. The molecular weight excluding hydrogens is 919 g/mol. The van der Waals surface area contributed by atoms with E-state index in [0.717, 1.165) is 38.5 Å². The second-order valence-corrected chi connectivity index (χ2v) is 21.8. The van der Waals surface area contributed by atoms with E-state index in [2.05, 4.69) is 55.6 Å². The molecule has 0 saturated carbocycles. The summed E-state index contributed by atoms with van der Waals surface area (Å²) in [5.74, 6) is -0.709. The van der Waals surface area contributed by atoms with E-state index >= 15 is 0 Å². The molecule has 0 aliphatic carbocycles. The van der Waals surface area contributed by atoms with Gasteiger partial charge in [-0.3, -0.25) is 4.79 Å². The largest absolute Gasteiger partial charge is 0.394 e. The third-order valence-electron chi connectivity index (χ3n) is 14.9. The Morgan fingerprint density at radius 1 is 0.466 bits per heavy atom. The Labute approximate surface area is 447 Å². The lowest BCUT2D eigenvalue weighted by atomic mass is 9.98. The minimum absolute atomic E-state index is 0.246. The van der Waals surface area contributed by atoms with Gasteiger partial charge < -0.3 is 50.5 Å². The molecule has 9 unspecified atom stereocenters. The molecule has 9 atom stereocenters. The van der Waals surface area contributed by atoms with Crippen LogP contribution in [0.5, 0.6) is 0 Å². The number of hydrogen-bond acceptors (Lipinski definition) is 10. The molecule has 1 aliphatic rings. The summed E-state index contributed by atoms with van der Waals surface area (Å²) in [6.45, 7) is 3.41. The Morgan fingerprint density at radius 3 is 1.25 bits per heavy atom. The summed E-state index contributed by atoms with van der Waals surface area (Å²) in [5.41, 5.74) is 0. The Kier molecular flexibility index (Phi) is 48.5. The Hall–Kier alpha value is -1.67. The van der Waals surface area contributed by atoms with E-state index in [0.29, 0.717) is 19.3 Å². The van der Waals surface area contributed by atoms with Crippen LogP contribution in [0.4, 0.5) is 0 Å². The minimum atomic E-state index is -1.67. The van der Waals surface area contributed by atoms with E-state index in [1.807, 2.05) is 0 Å². The van der Waals surface area contributed by atoms with Crippen molar-refractivity contribution in [2.75, 3.05) is 13.2 Å². The fourth-order valence-electron chi connectivity index (χ4n) is 9.87. The van der Waals surface area contributed by atoms with E-state index in [-0.39, 0.29) is 12.8 Å². The second-order valence-electron chi connectivity index (χ2n) is 21.8. The average Bonchev–Trinajstić information content (AvgIpc) is 3.39. The zero-order valence-electron chi connectivity index (χ0n) is 47.1. The van der Waals surface area contributed by atoms with Crippen LogP contribution in [0, 0.1) is 0 Å². The third-order valence-corrected chi connectivity index (χ3v) is 14.9. The molecule has 11 nitrogen and oxygen atoms in total. The van der Waals surface area contributed by atoms with Crippen LogP contribution in [0.3, 0.4) is 0 Å². The number of hydrogen-bond donors (Lipinski definition) is 8. The van der Waals surface area contributed by atoms with E-state index in [1.54, 1.807) is 0 Å². The highest BCUT2D eigenvalue weighted by Gasteiger charge is 2.44. The van der Waals surface area contributed by atoms with Crippen molar-refractivity contribution in [3.8, 4) is 0 Å². The molecule has 73 heavy (non-hydrogen) atoms. The molecule has 0 spiro atoms. The fraction of sp³-hybridized carbons (Fsp3) is 0.887. The highest BCUT2D eigenvalue weighted by atomic mass is 16.7. The number of nitrogens with one attached hydrogen (secondary N) is 1. The highest BCUT2D eigenvalue weighted by Crippen LogP contribution is 2.23. The summed E-state index contributed by atoms with van der Waals surface area (Å²) in [4.78, 5) is 13.2. The van der Waals surface area contributed by atoms with Crippen LogP contribution in [0.15, 0.2) is 36.5 Å². The maximum Gasteiger partial charge on any atom is 0.249 e. The number of aliphatic hydroxyl groups is 7. The van der Waals surface area contributed by atoms with Crippen molar-refractivity contribution in [2.45, 2.75) is 339 Å². The van der Waals surface area contributed by atoms with E-state index < -0.39 is 74.2 Å². The van der Waals surface area contributed by atoms with Crippen molar-refractivity contribution in [3.63, 3.8) is 0 Å². The van der Waals surface area contributed by atoms with Gasteiger partial charge in [0.1, 0.15) is 36.6 Å². The minimum Gasteiger partial charge on any atom is -0.394 e. The first-order valence-corrected chi connectivity index (χ1v) is 30.9. The Balaban J connectivity index is 2.16. The molecular formula is C62H117NO10. The third kappa shape index (κ3) is 39.4. The van der Waals surface area contributed by atoms with Crippen LogP contribution in [0.1, 0.15) is 284 Å². The van der Waals surface area contributed by atoms with Gasteiger partial charge in [0.15, 0.2) is 6.29 Å². The molecule has 1 amide bonds. The second kappa shape index (κ2) is 51.1. The van der Waals surface area contributed by atoms with Crippen LogP contribution < -0.4 is 5.32 Å². The van der Waals surface area contributed by atoms with Crippen LogP contribution in [0.25, 0.3) is 0 Å². The number of amides is 1. The molecule has 8 N–H and O–H groups in total. The van der Waals surface area contributed by atoms with Crippen LogP contribution in [-0.2, 0) is 14.3 Å². The van der Waals surface area contributed by atoms with Gasteiger partial charge in [0.25, 0.3) is 0 Å². The smallest absolute Gasteiger partial charge is 0.249 e. The molecule has 1 saturated heterocycles. The average molecular weight is 1040 g/mol. The predicted octanol–water partition coefficient (Wildman–Crippen LogP) is 13.5. The zero-order chi connectivity index (χ0) is 53.3. The SMILES string of the molecule is CCCCC/C=C/CC/C=C/CCCC(O)C(O)C(COC1OC(CO)C(O)C(O)C1O)NC(=O)C(O)CCCCCCCCCCCCCCCCCC/C=C\CCCCCCCCCCCCCCCC. The van der Waals surface area contributed by atoms with Crippen molar-refractivity contribution in [1.29, 1.82) is 0 Å². The fourth-order valence-corrected chi connectivity index (χ4v) is 9.87. The predicted molar refractivity (Wildman–Crippen MR) is 302 cm³/mol. The molecule has 11 heteroatoms. The van der Waals surface area contributed by atoms with Gasteiger partial charge in [-0.1, -0.05) is 243 Å². The topological polar surface area (TPSA) is 189 Å². The molecule has 0 aromatic rings. The Morgan fingerprint density at radius 2 is 0.822 bits per heavy atom. The number of allylic oxidation sites excluding steroid dienone is 6. The monoisotopic (exact) mass is 1040 g/mol. The van der Waals surface area contributed by atoms with Crippen molar-refractivity contribution < 1.29 is 50.0 Å². The van der Waals surface area contributed by atoms with Crippen molar-refractivity contribution in [2.24, 2.45) is 0 Å². The van der Waals surface area contributed by atoms with E-state index in [9.17, 15) is 40.5 Å². The maximum absolute atomic E-state index is 13.2. The van der Waals surface area contributed by atoms with Gasteiger partial charge in [-0.05, 0) is 77.0 Å². The first-order valence-electron chi connectivity index (χ1n) is 30.9. The molecule has 1 fully saturated rings. The number of ether oxygens (including phenoxy) is 2. The van der Waals surface area contributed by atoms with Gasteiger partial charge >= 0.3 is 0 Å². The number of aliphatic hydroxyl groups excluding tert-OH is 7. The summed E-state index contributed by atoms with van der Waals surface area (Å²) >= 11 is 0. The van der Waals surface area contributed by atoms with Crippen molar-refractivity contribution in [1.82, 2.24) is 5.32 Å². The number of carbonyl (C=O) groups excluding carboxylic acids is 1. The highest BCUT2D eigenvalue weighted by molar-refractivity contribution is 5.80. The van der Waals surface area contributed by atoms with Crippen LogP contribution >= 0.6 is 0 Å².